The summed E-state index contributed by atoms with van der Waals surface area (Å²) >= 11 is 0. The molecule has 1 aliphatic heterocycles. The fraction of sp³-hybridized carbons (Fsp3) is 0.370. The Hall–Kier alpha value is -3.65. The Kier molecular flexibility index (Phi) is 7.82. The van der Waals surface area contributed by atoms with Crippen LogP contribution in [0.1, 0.15) is 29.0 Å². The van der Waals surface area contributed by atoms with Gasteiger partial charge in [0.25, 0.3) is 5.91 Å². The molecule has 0 spiro atoms. The van der Waals surface area contributed by atoms with Crippen LogP contribution in [0, 0.1) is 0 Å². The highest BCUT2D eigenvalue weighted by Gasteiger charge is 2.32. The lowest BCUT2D eigenvalue weighted by atomic mass is 10.0. The molecular weight excluding hydrogens is 448 g/mol. The predicted molar refractivity (Wildman–Crippen MR) is 133 cm³/mol. The van der Waals surface area contributed by atoms with Crippen molar-refractivity contribution in [2.45, 2.75) is 25.4 Å². The maximum atomic E-state index is 13.5. The number of hydrogen-bond donors (Lipinski definition) is 0. The zero-order valence-corrected chi connectivity index (χ0v) is 20.7. The van der Waals surface area contributed by atoms with E-state index in [2.05, 4.69) is 4.90 Å². The average Bonchev–Trinajstić information content (AvgIpc) is 3.45. The number of methoxy groups -OCH3 is 4. The molecule has 1 amide bonds. The first-order valence-corrected chi connectivity index (χ1v) is 11.6. The van der Waals surface area contributed by atoms with E-state index in [4.69, 9.17) is 23.4 Å². The summed E-state index contributed by atoms with van der Waals surface area (Å²) in [7, 11) is 6.52. The van der Waals surface area contributed by atoms with E-state index in [0.29, 0.717) is 17.3 Å². The Morgan fingerprint density at radius 3 is 2.26 bits per heavy atom. The Balaban J connectivity index is 1.54. The van der Waals surface area contributed by atoms with Crippen LogP contribution in [0.15, 0.2) is 59.2 Å². The smallest absolute Gasteiger partial charge is 0.294 e. The highest BCUT2D eigenvalue weighted by molar-refractivity contribution is 6.04. The molecule has 186 valence electrons. The van der Waals surface area contributed by atoms with Crippen molar-refractivity contribution in [2.75, 3.05) is 46.4 Å². The molecule has 0 radical (unpaired) electrons. The van der Waals surface area contributed by atoms with Gasteiger partial charge in [0.05, 0.1) is 34.7 Å². The number of amides is 1. The van der Waals surface area contributed by atoms with Crippen LogP contribution in [-0.2, 0) is 6.54 Å². The minimum Gasteiger partial charge on any atom is -0.497 e. The number of hydrogen-bond acceptors (Lipinski definition) is 7. The molecule has 0 unspecified atom stereocenters. The molecule has 0 atom stereocenters. The van der Waals surface area contributed by atoms with Crippen LogP contribution >= 0.6 is 0 Å². The number of piperidine rings is 1. The molecule has 0 aliphatic carbocycles. The number of nitrogens with zero attached hydrogens (tertiary/aromatic N) is 2. The van der Waals surface area contributed by atoms with E-state index in [1.165, 1.54) is 6.26 Å². The molecule has 2 heterocycles. The van der Waals surface area contributed by atoms with E-state index in [9.17, 15) is 4.79 Å². The second kappa shape index (κ2) is 11.2. The van der Waals surface area contributed by atoms with Gasteiger partial charge >= 0.3 is 0 Å². The molecule has 8 heteroatoms. The second-order valence-electron chi connectivity index (χ2n) is 8.38. The number of ether oxygens (including phenoxy) is 4. The van der Waals surface area contributed by atoms with Gasteiger partial charge < -0.3 is 28.3 Å². The maximum Gasteiger partial charge on any atom is 0.294 e. The number of furan rings is 1. The summed E-state index contributed by atoms with van der Waals surface area (Å²) in [6.45, 7) is 2.41. The van der Waals surface area contributed by atoms with Crippen LogP contribution < -0.4 is 23.8 Å². The van der Waals surface area contributed by atoms with Crippen LogP contribution in [0.4, 0.5) is 5.69 Å². The largest absolute Gasteiger partial charge is 0.497 e. The van der Waals surface area contributed by atoms with Crippen molar-refractivity contribution in [3.05, 3.63) is 66.1 Å². The van der Waals surface area contributed by atoms with Crippen molar-refractivity contribution in [1.82, 2.24) is 4.90 Å². The van der Waals surface area contributed by atoms with Crippen LogP contribution in [0.5, 0.6) is 23.0 Å². The molecular formula is C27H32N2O6. The Morgan fingerprint density at radius 1 is 0.914 bits per heavy atom. The molecule has 0 N–H and O–H groups in total. The van der Waals surface area contributed by atoms with Crippen LogP contribution in [-0.4, -0.2) is 58.4 Å². The van der Waals surface area contributed by atoms with Crippen LogP contribution in [0.25, 0.3) is 0 Å². The standard InChI is InChI=1S/C27H32N2O6/c1-31-22-8-10-23(32-2)19(16-22)18-28-13-11-20(12-14-28)29(27(30)25-6-5-15-35-25)21-7-9-24(33-3)26(17-21)34-4/h5-10,15-17,20H,11-14,18H2,1-4H3. The van der Waals surface area contributed by atoms with Gasteiger partial charge in [-0.25, -0.2) is 0 Å². The molecule has 1 aromatic heterocycles. The van der Waals surface area contributed by atoms with Gasteiger partial charge in [0.1, 0.15) is 11.5 Å². The summed E-state index contributed by atoms with van der Waals surface area (Å²) in [5.74, 6) is 2.97. The molecule has 8 nitrogen and oxygen atoms in total. The Bertz CT molecular complexity index is 1120. The van der Waals surface area contributed by atoms with Gasteiger partial charge in [-0.05, 0) is 55.3 Å². The van der Waals surface area contributed by atoms with E-state index >= 15 is 0 Å². The quantitative estimate of drug-likeness (QED) is 0.442. The molecule has 0 saturated carbocycles. The normalized spacial score (nSPS) is 14.4. The Labute approximate surface area is 205 Å². The lowest BCUT2D eigenvalue weighted by Crippen LogP contribution is -2.47. The minimum atomic E-state index is -0.171. The highest BCUT2D eigenvalue weighted by atomic mass is 16.5. The first-order valence-electron chi connectivity index (χ1n) is 11.6. The van der Waals surface area contributed by atoms with Crippen LogP contribution in [0.2, 0.25) is 0 Å². The van der Waals surface area contributed by atoms with E-state index in [1.807, 2.05) is 41.3 Å². The monoisotopic (exact) mass is 480 g/mol. The third-order valence-corrected chi connectivity index (χ3v) is 6.40. The highest BCUT2D eigenvalue weighted by Crippen LogP contribution is 2.35. The van der Waals surface area contributed by atoms with Gasteiger partial charge in [0.2, 0.25) is 0 Å². The molecule has 2 aromatic carbocycles. The van der Waals surface area contributed by atoms with E-state index in [-0.39, 0.29) is 11.9 Å². The van der Waals surface area contributed by atoms with E-state index < -0.39 is 0 Å². The fourth-order valence-electron chi connectivity index (χ4n) is 4.57. The lowest BCUT2D eigenvalue weighted by molar-refractivity contribution is 0.0931. The molecule has 1 aliphatic rings. The fourth-order valence-corrected chi connectivity index (χ4v) is 4.57. The van der Waals surface area contributed by atoms with Gasteiger partial charge in [0.15, 0.2) is 17.3 Å². The van der Waals surface area contributed by atoms with Crippen molar-refractivity contribution in [2.24, 2.45) is 0 Å². The number of carbonyl (C=O) groups is 1. The maximum absolute atomic E-state index is 13.5. The molecule has 3 aromatic rings. The third kappa shape index (κ3) is 5.38. The predicted octanol–water partition coefficient (Wildman–Crippen LogP) is 4.63. The Morgan fingerprint density at radius 2 is 1.63 bits per heavy atom. The summed E-state index contributed by atoms with van der Waals surface area (Å²) in [5, 5.41) is 0. The minimum absolute atomic E-state index is 0.00848. The molecule has 0 bridgehead atoms. The summed E-state index contributed by atoms with van der Waals surface area (Å²) in [4.78, 5) is 17.7. The van der Waals surface area contributed by atoms with Crippen LogP contribution in [0.3, 0.4) is 0 Å². The van der Waals surface area contributed by atoms with Gasteiger partial charge in [-0.2, -0.15) is 0 Å². The van der Waals surface area contributed by atoms with Crippen molar-refractivity contribution < 1.29 is 28.2 Å². The van der Waals surface area contributed by atoms with E-state index in [0.717, 1.165) is 55.2 Å². The number of likely N-dealkylation sites (tertiary alicyclic amines) is 1. The second-order valence-corrected chi connectivity index (χ2v) is 8.38. The number of anilines is 1. The number of benzene rings is 2. The molecule has 35 heavy (non-hydrogen) atoms. The first-order chi connectivity index (χ1) is 17.1. The third-order valence-electron chi connectivity index (χ3n) is 6.40. The molecule has 1 fully saturated rings. The van der Waals surface area contributed by atoms with Gasteiger partial charge in [-0.1, -0.05) is 0 Å². The number of rotatable bonds is 9. The average molecular weight is 481 g/mol. The van der Waals surface area contributed by atoms with E-state index in [1.54, 1.807) is 40.6 Å². The summed E-state index contributed by atoms with van der Waals surface area (Å²) in [6.07, 6.45) is 3.14. The zero-order chi connectivity index (χ0) is 24.8. The van der Waals surface area contributed by atoms with Crippen molar-refractivity contribution in [1.29, 1.82) is 0 Å². The van der Waals surface area contributed by atoms with Gasteiger partial charge in [0, 0.05) is 43.0 Å². The van der Waals surface area contributed by atoms with Crippen molar-refractivity contribution >= 4 is 11.6 Å². The van der Waals surface area contributed by atoms with Crippen molar-refractivity contribution in [3.8, 4) is 23.0 Å². The summed E-state index contributed by atoms with van der Waals surface area (Å²) in [5.41, 5.74) is 1.82. The molecule has 4 rings (SSSR count). The SMILES string of the molecule is COc1ccc(OC)c(CN2CCC(N(C(=O)c3ccco3)c3ccc(OC)c(OC)c3)CC2)c1. The summed E-state index contributed by atoms with van der Waals surface area (Å²) in [6, 6.07) is 14.8. The summed E-state index contributed by atoms with van der Waals surface area (Å²) < 4.78 is 27.3. The zero-order valence-electron chi connectivity index (χ0n) is 20.7. The lowest BCUT2D eigenvalue weighted by Gasteiger charge is -2.38. The van der Waals surface area contributed by atoms with Gasteiger partial charge in [-0.15, -0.1) is 0 Å². The van der Waals surface area contributed by atoms with Gasteiger partial charge in [-0.3, -0.25) is 9.69 Å². The van der Waals surface area contributed by atoms with Crippen molar-refractivity contribution in [3.63, 3.8) is 0 Å². The number of carbonyl (C=O) groups excluding carboxylic acids is 1. The molecule has 1 saturated heterocycles. The first kappa shape index (κ1) is 24.5. The topological polar surface area (TPSA) is 73.6 Å².